The van der Waals surface area contributed by atoms with Crippen molar-refractivity contribution in [3.8, 4) is 5.75 Å². The van der Waals surface area contributed by atoms with Gasteiger partial charge in [-0.3, -0.25) is 9.59 Å². The zero-order valence-electron chi connectivity index (χ0n) is 10.9. The number of ether oxygens (including phenoxy) is 2. The molecule has 0 radical (unpaired) electrons. The number of hydrogen-bond donors (Lipinski definition) is 2. The standard InChI is InChI=1S/C14H16N2O4/c17-13(11-6-3-7-19-11)15-8-12-14(18)16-9-4-1-2-5-10(9)20-12/h1-2,4-5,11-12H,3,6-8H2,(H,15,17)(H,16,18). The molecule has 0 saturated carbocycles. The van der Waals surface area contributed by atoms with Gasteiger partial charge in [-0.25, -0.2) is 0 Å². The van der Waals surface area contributed by atoms with Crippen molar-refractivity contribution in [2.75, 3.05) is 18.5 Å². The van der Waals surface area contributed by atoms with E-state index in [2.05, 4.69) is 10.6 Å². The second-order valence-corrected chi connectivity index (χ2v) is 4.84. The highest BCUT2D eigenvalue weighted by molar-refractivity contribution is 5.98. The SMILES string of the molecule is O=C(NCC1Oc2ccccc2NC1=O)C1CCCO1. The van der Waals surface area contributed by atoms with E-state index in [9.17, 15) is 9.59 Å². The Morgan fingerprint density at radius 1 is 1.40 bits per heavy atom. The lowest BCUT2D eigenvalue weighted by atomic mass is 10.2. The number of carbonyl (C=O) groups excluding carboxylic acids is 2. The lowest BCUT2D eigenvalue weighted by Crippen LogP contribution is -2.47. The molecule has 1 saturated heterocycles. The van der Waals surface area contributed by atoms with Crippen LogP contribution in [-0.4, -0.2) is 37.2 Å². The van der Waals surface area contributed by atoms with Gasteiger partial charge in [-0.1, -0.05) is 12.1 Å². The van der Waals surface area contributed by atoms with Crippen LogP contribution in [-0.2, 0) is 14.3 Å². The Morgan fingerprint density at radius 2 is 2.25 bits per heavy atom. The smallest absolute Gasteiger partial charge is 0.267 e. The van der Waals surface area contributed by atoms with Crippen molar-refractivity contribution in [1.82, 2.24) is 5.32 Å². The third kappa shape index (κ3) is 2.60. The van der Waals surface area contributed by atoms with Crippen molar-refractivity contribution in [3.63, 3.8) is 0 Å². The molecule has 1 fully saturated rings. The molecule has 0 spiro atoms. The largest absolute Gasteiger partial charge is 0.477 e. The van der Waals surface area contributed by atoms with Gasteiger partial charge >= 0.3 is 0 Å². The average Bonchev–Trinajstić information content (AvgIpc) is 2.99. The average molecular weight is 276 g/mol. The summed E-state index contributed by atoms with van der Waals surface area (Å²) in [7, 11) is 0. The van der Waals surface area contributed by atoms with Crippen molar-refractivity contribution >= 4 is 17.5 Å². The van der Waals surface area contributed by atoms with Gasteiger partial charge < -0.3 is 20.1 Å². The number of benzene rings is 1. The third-order valence-corrected chi connectivity index (χ3v) is 3.39. The van der Waals surface area contributed by atoms with E-state index in [-0.39, 0.29) is 18.4 Å². The molecule has 3 rings (SSSR count). The molecule has 2 N–H and O–H groups in total. The lowest BCUT2D eigenvalue weighted by molar-refractivity contribution is -0.131. The lowest BCUT2D eigenvalue weighted by Gasteiger charge is -2.26. The van der Waals surface area contributed by atoms with Gasteiger partial charge in [-0.05, 0) is 25.0 Å². The van der Waals surface area contributed by atoms with Gasteiger partial charge in [0.05, 0.1) is 12.2 Å². The minimum atomic E-state index is -0.713. The molecule has 0 bridgehead atoms. The van der Waals surface area contributed by atoms with Crippen LogP contribution in [0.25, 0.3) is 0 Å². The van der Waals surface area contributed by atoms with Crippen LogP contribution in [0.1, 0.15) is 12.8 Å². The number of hydrogen-bond acceptors (Lipinski definition) is 4. The van der Waals surface area contributed by atoms with E-state index < -0.39 is 12.2 Å². The van der Waals surface area contributed by atoms with E-state index in [0.717, 1.165) is 12.8 Å². The Morgan fingerprint density at radius 3 is 3.05 bits per heavy atom. The fourth-order valence-corrected chi connectivity index (χ4v) is 2.32. The van der Waals surface area contributed by atoms with Gasteiger partial charge in [0.2, 0.25) is 5.91 Å². The zero-order chi connectivity index (χ0) is 13.9. The summed E-state index contributed by atoms with van der Waals surface area (Å²) in [4.78, 5) is 23.7. The molecule has 2 aliphatic rings. The van der Waals surface area contributed by atoms with E-state index in [1.165, 1.54) is 0 Å². The second kappa shape index (κ2) is 5.50. The molecular weight excluding hydrogens is 260 g/mol. The quantitative estimate of drug-likeness (QED) is 0.851. The number of para-hydroxylation sites is 2. The summed E-state index contributed by atoms with van der Waals surface area (Å²) in [5.74, 6) is 0.178. The van der Waals surface area contributed by atoms with Crippen LogP contribution in [0.5, 0.6) is 5.75 Å². The Balaban J connectivity index is 1.58. The molecule has 106 valence electrons. The van der Waals surface area contributed by atoms with Crippen LogP contribution >= 0.6 is 0 Å². The Labute approximate surface area is 116 Å². The van der Waals surface area contributed by atoms with Crippen LogP contribution in [0.3, 0.4) is 0 Å². The number of anilines is 1. The molecule has 1 aromatic carbocycles. The molecule has 1 aromatic rings. The predicted molar refractivity (Wildman–Crippen MR) is 71.5 cm³/mol. The molecule has 20 heavy (non-hydrogen) atoms. The summed E-state index contributed by atoms with van der Waals surface area (Å²) in [6.45, 7) is 0.755. The number of nitrogens with one attached hydrogen (secondary N) is 2. The monoisotopic (exact) mass is 276 g/mol. The summed E-state index contributed by atoms with van der Waals surface area (Å²) in [5.41, 5.74) is 0.652. The first kappa shape index (κ1) is 12.9. The summed E-state index contributed by atoms with van der Waals surface area (Å²) >= 11 is 0. The maximum atomic E-state index is 11.9. The van der Waals surface area contributed by atoms with Crippen molar-refractivity contribution in [3.05, 3.63) is 24.3 Å². The van der Waals surface area contributed by atoms with Gasteiger partial charge in [0.25, 0.3) is 5.91 Å². The first-order chi connectivity index (χ1) is 9.74. The van der Waals surface area contributed by atoms with Gasteiger partial charge in [0, 0.05) is 6.61 Å². The maximum Gasteiger partial charge on any atom is 0.267 e. The minimum absolute atomic E-state index is 0.138. The molecule has 2 amide bonds. The van der Waals surface area contributed by atoms with Crippen molar-refractivity contribution < 1.29 is 19.1 Å². The molecule has 2 aliphatic heterocycles. The van der Waals surface area contributed by atoms with Gasteiger partial charge in [-0.2, -0.15) is 0 Å². The molecule has 6 nitrogen and oxygen atoms in total. The Bertz CT molecular complexity index is 526. The highest BCUT2D eigenvalue weighted by Gasteiger charge is 2.29. The number of amides is 2. The minimum Gasteiger partial charge on any atom is -0.477 e. The van der Waals surface area contributed by atoms with Crippen LogP contribution in [0.2, 0.25) is 0 Å². The first-order valence-corrected chi connectivity index (χ1v) is 6.70. The van der Waals surface area contributed by atoms with Crippen LogP contribution < -0.4 is 15.4 Å². The zero-order valence-corrected chi connectivity index (χ0v) is 10.9. The Kier molecular flexibility index (Phi) is 3.56. The molecule has 2 heterocycles. The van der Waals surface area contributed by atoms with Crippen LogP contribution in [0.15, 0.2) is 24.3 Å². The molecule has 2 atom stereocenters. The molecule has 0 aliphatic carbocycles. The highest BCUT2D eigenvalue weighted by atomic mass is 16.5. The van der Waals surface area contributed by atoms with Gasteiger partial charge in [0.15, 0.2) is 6.10 Å². The van der Waals surface area contributed by atoms with E-state index in [1.54, 1.807) is 12.1 Å². The van der Waals surface area contributed by atoms with Crippen molar-refractivity contribution in [2.45, 2.75) is 25.0 Å². The van der Waals surface area contributed by atoms with Crippen molar-refractivity contribution in [2.24, 2.45) is 0 Å². The number of rotatable bonds is 3. The van der Waals surface area contributed by atoms with Crippen LogP contribution in [0, 0.1) is 0 Å². The Hall–Kier alpha value is -2.08. The summed E-state index contributed by atoms with van der Waals surface area (Å²) in [6, 6.07) is 7.21. The first-order valence-electron chi connectivity index (χ1n) is 6.70. The van der Waals surface area contributed by atoms with Crippen molar-refractivity contribution in [1.29, 1.82) is 0 Å². The van der Waals surface area contributed by atoms with Gasteiger partial charge in [-0.15, -0.1) is 0 Å². The number of carbonyl (C=O) groups is 2. The van der Waals surface area contributed by atoms with E-state index >= 15 is 0 Å². The second-order valence-electron chi connectivity index (χ2n) is 4.84. The highest BCUT2D eigenvalue weighted by Crippen LogP contribution is 2.28. The van der Waals surface area contributed by atoms with E-state index in [4.69, 9.17) is 9.47 Å². The normalized spacial score (nSPS) is 24.5. The fraction of sp³-hybridized carbons (Fsp3) is 0.429. The van der Waals surface area contributed by atoms with E-state index in [0.29, 0.717) is 18.0 Å². The molecule has 6 heteroatoms. The fourth-order valence-electron chi connectivity index (χ4n) is 2.32. The molecular formula is C14H16N2O4. The molecule has 2 unspecified atom stereocenters. The molecule has 0 aromatic heterocycles. The number of fused-ring (bicyclic) bond motifs is 1. The van der Waals surface area contributed by atoms with E-state index in [1.807, 2.05) is 12.1 Å². The van der Waals surface area contributed by atoms with Gasteiger partial charge in [0.1, 0.15) is 11.9 Å². The summed E-state index contributed by atoms with van der Waals surface area (Å²) < 4.78 is 10.9. The maximum absolute atomic E-state index is 11.9. The van der Waals surface area contributed by atoms with Crippen LogP contribution in [0.4, 0.5) is 5.69 Å². The third-order valence-electron chi connectivity index (χ3n) is 3.39. The summed E-state index contributed by atoms with van der Waals surface area (Å²) in [6.07, 6.45) is 0.516. The predicted octanol–water partition coefficient (Wildman–Crippen LogP) is 0.681. The summed E-state index contributed by atoms with van der Waals surface area (Å²) in [5, 5.41) is 5.46. The topological polar surface area (TPSA) is 76.7 Å².